The average Bonchev–Trinajstić information content (AvgIpc) is 2.17. The summed E-state index contributed by atoms with van der Waals surface area (Å²) in [6, 6.07) is 0. The highest BCUT2D eigenvalue weighted by atomic mass is 32.2. The molecule has 14 heavy (non-hydrogen) atoms. The van der Waals surface area contributed by atoms with Crippen molar-refractivity contribution in [2.75, 3.05) is 12.9 Å². The Morgan fingerprint density at radius 2 is 2.14 bits per heavy atom. The number of esters is 1. The Balaban J connectivity index is 3.54. The van der Waals surface area contributed by atoms with Crippen LogP contribution in [0.5, 0.6) is 0 Å². The smallest absolute Gasteiger partial charge is 0.306 e. The maximum atomic E-state index is 10.9. The summed E-state index contributed by atoms with van der Waals surface area (Å²) in [5, 5.41) is 2.52. The second-order valence-electron chi connectivity index (χ2n) is 2.36. The summed E-state index contributed by atoms with van der Waals surface area (Å²) in [6.07, 6.45) is 0.695. The summed E-state index contributed by atoms with van der Waals surface area (Å²) >= 11 is 6.13. The van der Waals surface area contributed by atoms with Crippen molar-refractivity contribution in [3.63, 3.8) is 0 Å². The van der Waals surface area contributed by atoms with Gasteiger partial charge in [-0.15, -0.1) is 0 Å². The van der Waals surface area contributed by atoms with Crippen LogP contribution in [-0.4, -0.2) is 29.1 Å². The van der Waals surface area contributed by atoms with E-state index < -0.39 is 0 Å². The fourth-order valence-electron chi connectivity index (χ4n) is 0.567. The van der Waals surface area contributed by atoms with E-state index in [-0.39, 0.29) is 11.9 Å². The van der Waals surface area contributed by atoms with Crippen LogP contribution in [0.4, 0.5) is 0 Å². The third kappa shape index (κ3) is 6.85. The molecule has 0 fully saturated rings. The first-order chi connectivity index (χ1) is 6.60. The quantitative estimate of drug-likeness (QED) is 0.584. The number of hydrogen-bond acceptors (Lipinski definition) is 5. The van der Waals surface area contributed by atoms with Crippen LogP contribution >= 0.6 is 24.0 Å². The van der Waals surface area contributed by atoms with E-state index in [2.05, 4.69) is 10.1 Å². The molecule has 6 heteroatoms. The Bertz CT molecular complexity index is 231. The van der Waals surface area contributed by atoms with Gasteiger partial charge in [0.2, 0.25) is 5.91 Å². The van der Waals surface area contributed by atoms with Crippen LogP contribution in [0.2, 0.25) is 0 Å². The number of rotatable bonds is 4. The molecule has 4 nitrogen and oxygen atoms in total. The van der Waals surface area contributed by atoms with Crippen LogP contribution in [0.3, 0.4) is 0 Å². The number of hydrogen-bond donors (Lipinski definition) is 1. The molecule has 0 rings (SSSR count). The van der Waals surface area contributed by atoms with E-state index in [9.17, 15) is 9.59 Å². The molecule has 0 aromatic heterocycles. The second-order valence-corrected chi connectivity index (χ2v) is 4.14. The van der Waals surface area contributed by atoms with Crippen molar-refractivity contribution in [2.24, 2.45) is 0 Å². The predicted octanol–water partition coefficient (Wildman–Crippen LogP) is 1.09. The molecule has 0 aliphatic rings. The molecule has 0 saturated heterocycles. The lowest BCUT2D eigenvalue weighted by atomic mass is 10.5. The normalized spacial score (nSPS) is 9.29. The summed E-state index contributed by atoms with van der Waals surface area (Å²) in [7, 11) is 1.34. The molecule has 80 valence electrons. The first-order valence-corrected chi connectivity index (χ1v) is 5.53. The monoisotopic (exact) mass is 235 g/mol. The molecule has 0 aliphatic heterocycles. The lowest BCUT2D eigenvalue weighted by Gasteiger charge is -2.03. The largest absolute Gasteiger partial charge is 0.469 e. The van der Waals surface area contributed by atoms with Crippen LogP contribution < -0.4 is 5.32 Å². The number of amides is 1. The first-order valence-electron chi connectivity index (χ1n) is 4.13. The zero-order valence-electron chi connectivity index (χ0n) is 8.16. The van der Waals surface area contributed by atoms with Crippen molar-refractivity contribution in [1.29, 1.82) is 0 Å². The predicted molar refractivity (Wildman–Crippen MR) is 60.1 cm³/mol. The lowest BCUT2D eigenvalue weighted by molar-refractivity contribution is -0.140. The average molecular weight is 235 g/mol. The fourth-order valence-corrected chi connectivity index (χ4v) is 1.57. The summed E-state index contributed by atoms with van der Waals surface area (Å²) in [6.45, 7) is 1.75. The molecule has 0 atom stereocenters. The minimum Gasteiger partial charge on any atom is -0.469 e. The number of ether oxygens (including phenoxy) is 1. The van der Waals surface area contributed by atoms with E-state index in [1.54, 1.807) is 6.92 Å². The molecular weight excluding hydrogens is 222 g/mol. The van der Waals surface area contributed by atoms with Gasteiger partial charge < -0.3 is 10.1 Å². The zero-order valence-corrected chi connectivity index (χ0v) is 9.80. The van der Waals surface area contributed by atoms with Crippen LogP contribution in [0.1, 0.15) is 19.8 Å². The van der Waals surface area contributed by atoms with Gasteiger partial charge in [0.15, 0.2) is 0 Å². The van der Waals surface area contributed by atoms with Gasteiger partial charge in [-0.1, -0.05) is 30.9 Å². The number of carbonyl (C=O) groups excluding carboxylic acids is 2. The first kappa shape index (κ1) is 13.4. The number of thioether (sulfide) groups is 1. The standard InChI is InChI=1S/C8H13NO3S2/c1-3-6(10)9-8(13)14-5-4-7(11)12-2/h3-5H2,1-2H3,(H,9,10,13). The number of nitrogens with one attached hydrogen (secondary N) is 1. The van der Waals surface area contributed by atoms with Crippen molar-refractivity contribution in [1.82, 2.24) is 5.32 Å². The minimum absolute atomic E-state index is 0.111. The maximum absolute atomic E-state index is 10.9. The Morgan fingerprint density at radius 1 is 1.50 bits per heavy atom. The summed E-state index contributed by atoms with van der Waals surface area (Å²) in [5.41, 5.74) is 0. The number of thiocarbonyl (C=S) groups is 1. The Hall–Kier alpha value is -0.620. The summed E-state index contributed by atoms with van der Waals surface area (Å²) in [5.74, 6) is 0.137. The highest BCUT2D eigenvalue weighted by Gasteiger charge is 2.04. The second kappa shape index (κ2) is 7.75. The molecule has 0 radical (unpaired) electrons. The van der Waals surface area contributed by atoms with Gasteiger partial charge in [0.25, 0.3) is 0 Å². The van der Waals surface area contributed by atoms with Crippen LogP contribution in [0.25, 0.3) is 0 Å². The summed E-state index contributed by atoms with van der Waals surface area (Å²) in [4.78, 5) is 21.6. The van der Waals surface area contributed by atoms with Crippen LogP contribution in [-0.2, 0) is 14.3 Å². The van der Waals surface area contributed by atoms with Gasteiger partial charge in [0.1, 0.15) is 4.32 Å². The zero-order chi connectivity index (χ0) is 11.0. The van der Waals surface area contributed by atoms with Gasteiger partial charge in [-0.05, 0) is 0 Å². The molecule has 1 amide bonds. The Morgan fingerprint density at radius 3 is 2.64 bits per heavy atom. The van der Waals surface area contributed by atoms with Crippen molar-refractivity contribution in [3.05, 3.63) is 0 Å². The van der Waals surface area contributed by atoms with Crippen molar-refractivity contribution < 1.29 is 14.3 Å². The maximum Gasteiger partial charge on any atom is 0.306 e. The molecule has 1 N–H and O–H groups in total. The number of carbonyl (C=O) groups is 2. The van der Waals surface area contributed by atoms with Crippen molar-refractivity contribution in [3.8, 4) is 0 Å². The minimum atomic E-state index is -0.276. The highest BCUT2D eigenvalue weighted by molar-refractivity contribution is 8.23. The van der Waals surface area contributed by atoms with E-state index in [0.717, 1.165) is 0 Å². The molecule has 0 saturated carbocycles. The molecular formula is C8H13NO3S2. The fraction of sp³-hybridized carbons (Fsp3) is 0.625. The molecule has 0 aliphatic carbocycles. The summed E-state index contributed by atoms with van der Waals surface area (Å²) < 4.78 is 4.85. The Kier molecular flexibility index (Phi) is 7.41. The van der Waals surface area contributed by atoms with Crippen molar-refractivity contribution >= 4 is 40.2 Å². The van der Waals surface area contributed by atoms with E-state index in [4.69, 9.17) is 12.2 Å². The lowest BCUT2D eigenvalue weighted by Crippen LogP contribution is -2.26. The van der Waals surface area contributed by atoms with Gasteiger partial charge >= 0.3 is 5.97 Å². The van der Waals surface area contributed by atoms with E-state index in [1.807, 2.05) is 0 Å². The van der Waals surface area contributed by atoms with E-state index in [1.165, 1.54) is 18.9 Å². The third-order valence-electron chi connectivity index (χ3n) is 1.33. The van der Waals surface area contributed by atoms with Crippen LogP contribution in [0.15, 0.2) is 0 Å². The van der Waals surface area contributed by atoms with Gasteiger partial charge in [0.05, 0.1) is 13.5 Å². The molecule has 0 aromatic rings. The van der Waals surface area contributed by atoms with Gasteiger partial charge in [-0.25, -0.2) is 0 Å². The Labute approximate surface area is 92.8 Å². The molecule has 0 aromatic carbocycles. The van der Waals surface area contributed by atoms with Crippen molar-refractivity contribution in [2.45, 2.75) is 19.8 Å². The van der Waals surface area contributed by atoms with Gasteiger partial charge in [-0.3, -0.25) is 9.59 Å². The van der Waals surface area contributed by atoms with Crippen LogP contribution in [0, 0.1) is 0 Å². The number of methoxy groups -OCH3 is 1. The van der Waals surface area contributed by atoms with Gasteiger partial charge in [-0.2, -0.15) is 0 Å². The SMILES string of the molecule is CCC(=O)NC(=S)SCCC(=O)OC. The third-order valence-corrected chi connectivity index (χ3v) is 2.56. The topological polar surface area (TPSA) is 55.4 Å². The molecule has 0 unspecified atom stereocenters. The highest BCUT2D eigenvalue weighted by Crippen LogP contribution is 2.04. The van der Waals surface area contributed by atoms with E-state index in [0.29, 0.717) is 22.9 Å². The van der Waals surface area contributed by atoms with Gasteiger partial charge in [0, 0.05) is 12.2 Å². The molecule has 0 heterocycles. The van der Waals surface area contributed by atoms with E-state index >= 15 is 0 Å². The molecule has 0 bridgehead atoms. The molecule has 0 spiro atoms.